The summed E-state index contributed by atoms with van der Waals surface area (Å²) in [7, 11) is 3.03. The molecule has 0 aliphatic carbocycles. The molecule has 0 aliphatic rings. The molecule has 0 atom stereocenters. The van der Waals surface area contributed by atoms with Crippen molar-refractivity contribution in [3.05, 3.63) is 48.0 Å². The van der Waals surface area contributed by atoms with Crippen molar-refractivity contribution in [2.75, 3.05) is 32.8 Å². The van der Waals surface area contributed by atoms with E-state index >= 15 is 0 Å². The molecule has 0 unspecified atom stereocenters. The lowest BCUT2D eigenvalue weighted by Crippen LogP contribution is -2.21. The van der Waals surface area contributed by atoms with Gasteiger partial charge in [0.25, 0.3) is 5.91 Å². The Bertz CT molecular complexity index is 803. The minimum absolute atomic E-state index is 0.348. The van der Waals surface area contributed by atoms with Gasteiger partial charge in [0, 0.05) is 6.07 Å². The molecular formula is C22H27NO6. The second-order valence-electron chi connectivity index (χ2n) is 6.27. The highest BCUT2D eigenvalue weighted by Gasteiger charge is 2.13. The highest BCUT2D eigenvalue weighted by molar-refractivity contribution is 5.96. The van der Waals surface area contributed by atoms with Gasteiger partial charge < -0.3 is 24.3 Å². The molecule has 0 radical (unpaired) electrons. The lowest BCUT2D eigenvalue weighted by Gasteiger charge is -2.12. The molecule has 0 heterocycles. The molecule has 2 aromatic rings. The van der Waals surface area contributed by atoms with E-state index in [1.54, 1.807) is 42.5 Å². The van der Waals surface area contributed by atoms with Crippen LogP contribution in [0.3, 0.4) is 0 Å². The molecule has 0 aromatic heterocycles. The minimum atomic E-state index is -0.584. The maximum Gasteiger partial charge on any atom is 0.338 e. The number of anilines is 1. The summed E-state index contributed by atoms with van der Waals surface area (Å²) in [6, 6.07) is 11.6. The number of hydrogen-bond acceptors (Lipinski definition) is 6. The van der Waals surface area contributed by atoms with Crippen molar-refractivity contribution in [3.63, 3.8) is 0 Å². The van der Waals surface area contributed by atoms with E-state index in [1.807, 2.05) is 0 Å². The number of amides is 1. The van der Waals surface area contributed by atoms with Crippen molar-refractivity contribution in [1.29, 1.82) is 0 Å². The first-order chi connectivity index (χ1) is 14.1. The fraction of sp³-hybridized carbons (Fsp3) is 0.364. The quantitative estimate of drug-likeness (QED) is 0.451. The molecule has 0 aliphatic heterocycles. The molecule has 2 aromatic carbocycles. The molecular weight excluding hydrogens is 374 g/mol. The number of carbonyl (C=O) groups excluding carboxylic acids is 2. The zero-order valence-electron chi connectivity index (χ0n) is 17.0. The van der Waals surface area contributed by atoms with Crippen LogP contribution < -0.4 is 19.5 Å². The van der Waals surface area contributed by atoms with E-state index in [9.17, 15) is 9.59 Å². The zero-order valence-corrected chi connectivity index (χ0v) is 17.0. The Labute approximate surface area is 170 Å². The Balaban J connectivity index is 1.83. The van der Waals surface area contributed by atoms with Gasteiger partial charge in [-0.05, 0) is 42.8 Å². The predicted molar refractivity (Wildman–Crippen MR) is 110 cm³/mol. The van der Waals surface area contributed by atoms with Crippen molar-refractivity contribution in [2.45, 2.75) is 26.2 Å². The van der Waals surface area contributed by atoms with Gasteiger partial charge in [-0.3, -0.25) is 4.79 Å². The van der Waals surface area contributed by atoms with Crippen molar-refractivity contribution >= 4 is 17.6 Å². The zero-order chi connectivity index (χ0) is 21.1. The van der Waals surface area contributed by atoms with Crippen molar-refractivity contribution in [3.8, 4) is 17.2 Å². The number of hydrogen-bond donors (Lipinski definition) is 1. The summed E-state index contributed by atoms with van der Waals surface area (Å²) >= 11 is 0. The van der Waals surface area contributed by atoms with Gasteiger partial charge >= 0.3 is 5.97 Å². The maximum atomic E-state index is 12.1. The van der Waals surface area contributed by atoms with Gasteiger partial charge in [-0.1, -0.05) is 19.8 Å². The van der Waals surface area contributed by atoms with Crippen LogP contribution in [-0.4, -0.2) is 39.3 Å². The molecule has 0 spiro atoms. The molecule has 0 saturated carbocycles. The number of esters is 1. The third-order valence-corrected chi connectivity index (χ3v) is 4.12. The third kappa shape index (κ3) is 7.03. The molecule has 7 nitrogen and oxygen atoms in total. The molecule has 0 saturated heterocycles. The topological polar surface area (TPSA) is 83.1 Å². The summed E-state index contributed by atoms with van der Waals surface area (Å²) < 4.78 is 21.0. The molecule has 2 rings (SSSR count). The number of nitrogens with one attached hydrogen (secondary N) is 1. The fourth-order valence-electron chi connectivity index (χ4n) is 2.53. The summed E-state index contributed by atoms with van der Waals surface area (Å²) in [5.41, 5.74) is 0.805. The normalized spacial score (nSPS) is 10.2. The van der Waals surface area contributed by atoms with E-state index in [-0.39, 0.29) is 0 Å². The van der Waals surface area contributed by atoms with E-state index in [2.05, 4.69) is 12.2 Å². The van der Waals surface area contributed by atoms with Crippen molar-refractivity contribution < 1.29 is 28.5 Å². The lowest BCUT2D eigenvalue weighted by atomic mass is 10.2. The highest BCUT2D eigenvalue weighted by atomic mass is 16.5. The molecule has 1 amide bonds. The van der Waals surface area contributed by atoms with E-state index in [4.69, 9.17) is 18.9 Å². The largest absolute Gasteiger partial charge is 0.497 e. The van der Waals surface area contributed by atoms with Crippen LogP contribution in [-0.2, 0) is 9.53 Å². The maximum absolute atomic E-state index is 12.1. The Morgan fingerprint density at radius 2 is 1.66 bits per heavy atom. The van der Waals surface area contributed by atoms with E-state index in [1.165, 1.54) is 14.2 Å². The second-order valence-corrected chi connectivity index (χ2v) is 6.27. The first-order valence-corrected chi connectivity index (χ1v) is 9.49. The van der Waals surface area contributed by atoms with Gasteiger partial charge in [0.1, 0.15) is 17.2 Å². The monoisotopic (exact) mass is 401 g/mol. The van der Waals surface area contributed by atoms with Crippen molar-refractivity contribution in [2.24, 2.45) is 0 Å². The summed E-state index contributed by atoms with van der Waals surface area (Å²) in [6.07, 6.45) is 3.25. The number of methoxy groups -OCH3 is 2. The summed E-state index contributed by atoms with van der Waals surface area (Å²) in [5, 5.41) is 2.65. The Morgan fingerprint density at radius 3 is 2.31 bits per heavy atom. The van der Waals surface area contributed by atoms with Crippen LogP contribution in [0, 0.1) is 0 Å². The van der Waals surface area contributed by atoms with Crippen LogP contribution >= 0.6 is 0 Å². The lowest BCUT2D eigenvalue weighted by molar-refractivity contribution is -0.119. The number of unbranched alkanes of at least 4 members (excludes halogenated alkanes) is 2. The summed E-state index contributed by atoms with van der Waals surface area (Å²) in [4.78, 5) is 24.2. The SMILES string of the molecule is CCCCCOc1ccc(C(=O)OCC(=O)Nc2ccc(OC)cc2OC)cc1. The van der Waals surface area contributed by atoms with Crippen LogP contribution in [0.5, 0.6) is 17.2 Å². The van der Waals surface area contributed by atoms with Gasteiger partial charge in [-0.15, -0.1) is 0 Å². The van der Waals surface area contributed by atoms with Crippen LogP contribution in [0.2, 0.25) is 0 Å². The smallest absolute Gasteiger partial charge is 0.338 e. The number of carbonyl (C=O) groups is 2. The predicted octanol–water partition coefficient (Wildman–Crippen LogP) is 4.07. The summed E-state index contributed by atoms with van der Waals surface area (Å²) in [6.45, 7) is 2.37. The minimum Gasteiger partial charge on any atom is -0.497 e. The average molecular weight is 401 g/mol. The van der Waals surface area contributed by atoms with Gasteiger partial charge in [0.15, 0.2) is 6.61 Å². The number of rotatable bonds is 11. The van der Waals surface area contributed by atoms with E-state index < -0.39 is 18.5 Å². The highest BCUT2D eigenvalue weighted by Crippen LogP contribution is 2.28. The number of benzene rings is 2. The molecule has 156 valence electrons. The first-order valence-electron chi connectivity index (χ1n) is 9.49. The fourth-order valence-corrected chi connectivity index (χ4v) is 2.53. The molecule has 7 heteroatoms. The van der Waals surface area contributed by atoms with Crippen LogP contribution in [0.25, 0.3) is 0 Å². The third-order valence-electron chi connectivity index (χ3n) is 4.12. The summed E-state index contributed by atoms with van der Waals surface area (Å²) in [5.74, 6) is 0.682. The van der Waals surface area contributed by atoms with Crippen LogP contribution in [0.4, 0.5) is 5.69 Å². The Morgan fingerprint density at radius 1 is 0.931 bits per heavy atom. The average Bonchev–Trinajstić information content (AvgIpc) is 2.75. The second kappa shape index (κ2) is 11.6. The Kier molecular flexibility index (Phi) is 8.82. The van der Waals surface area contributed by atoms with Gasteiger partial charge in [-0.25, -0.2) is 4.79 Å². The Hall–Kier alpha value is -3.22. The molecule has 29 heavy (non-hydrogen) atoms. The molecule has 0 fully saturated rings. The molecule has 0 bridgehead atoms. The molecule has 1 N–H and O–H groups in total. The van der Waals surface area contributed by atoms with Gasteiger partial charge in [-0.2, -0.15) is 0 Å². The van der Waals surface area contributed by atoms with Crippen molar-refractivity contribution in [1.82, 2.24) is 0 Å². The van der Waals surface area contributed by atoms with E-state index in [0.29, 0.717) is 35.1 Å². The first kappa shape index (κ1) is 22.1. The van der Waals surface area contributed by atoms with E-state index in [0.717, 1.165) is 19.3 Å². The van der Waals surface area contributed by atoms with Crippen LogP contribution in [0.1, 0.15) is 36.5 Å². The van der Waals surface area contributed by atoms with Gasteiger partial charge in [0.05, 0.1) is 32.1 Å². The van der Waals surface area contributed by atoms with Crippen LogP contribution in [0.15, 0.2) is 42.5 Å². The van der Waals surface area contributed by atoms with Gasteiger partial charge in [0.2, 0.25) is 0 Å². The number of ether oxygens (including phenoxy) is 4. The standard InChI is InChI=1S/C22H27NO6/c1-4-5-6-13-28-17-9-7-16(8-10-17)22(25)29-15-21(24)23-19-12-11-18(26-2)14-20(19)27-3/h7-12,14H,4-6,13,15H2,1-3H3,(H,23,24).